The van der Waals surface area contributed by atoms with Gasteiger partial charge in [-0.2, -0.15) is 0 Å². The van der Waals surface area contributed by atoms with Gasteiger partial charge in [0.15, 0.2) is 0 Å². The molecule has 0 saturated carbocycles. The molecule has 0 saturated heterocycles. The van der Waals surface area contributed by atoms with Crippen molar-refractivity contribution in [2.75, 3.05) is 0 Å². The van der Waals surface area contributed by atoms with Crippen LogP contribution in [0.1, 0.15) is 10.6 Å². The first-order valence-electron chi connectivity index (χ1n) is 4.03. The van der Waals surface area contributed by atoms with Gasteiger partial charge >= 0.3 is 0 Å². The Hall–Kier alpha value is -0.420. The van der Waals surface area contributed by atoms with Gasteiger partial charge in [-0.25, -0.2) is 4.98 Å². The van der Waals surface area contributed by atoms with Crippen LogP contribution in [0.25, 0.3) is 9.88 Å². The number of thiophene rings is 1. The van der Waals surface area contributed by atoms with Crippen molar-refractivity contribution in [2.45, 2.75) is 13.5 Å². The Morgan fingerprint density at radius 1 is 1.57 bits per heavy atom. The highest BCUT2D eigenvalue weighted by molar-refractivity contribution is 7.21. The molecular weight excluding hydrogens is 238 g/mol. The van der Waals surface area contributed by atoms with Gasteiger partial charge in [0.1, 0.15) is 5.01 Å². The van der Waals surface area contributed by atoms with Crippen LogP contribution in [-0.2, 0) is 6.61 Å². The predicted molar refractivity (Wildman–Crippen MR) is 61.1 cm³/mol. The first kappa shape index (κ1) is 10.1. The molecule has 0 aliphatic carbocycles. The standard InChI is InChI=1S/C9H8ClNOS2/c1-5-7(4-12)14-9(11-5)8-6(10)2-3-13-8/h2-3,12H,4H2,1H3. The zero-order chi connectivity index (χ0) is 10.1. The van der Waals surface area contributed by atoms with Crippen LogP contribution in [0.3, 0.4) is 0 Å². The number of nitrogens with zero attached hydrogens (tertiary/aromatic N) is 1. The Kier molecular flexibility index (Phi) is 2.88. The first-order chi connectivity index (χ1) is 6.72. The molecule has 0 spiro atoms. The molecular formula is C9H8ClNOS2. The first-order valence-corrected chi connectivity index (χ1v) is 6.10. The van der Waals surface area contributed by atoms with Crippen molar-refractivity contribution in [1.82, 2.24) is 4.98 Å². The van der Waals surface area contributed by atoms with Crippen molar-refractivity contribution in [1.29, 1.82) is 0 Å². The molecule has 0 aliphatic heterocycles. The van der Waals surface area contributed by atoms with Crippen LogP contribution in [0.2, 0.25) is 5.02 Å². The van der Waals surface area contributed by atoms with Gasteiger partial charge in [0.05, 0.1) is 27.1 Å². The SMILES string of the molecule is Cc1nc(-c2sccc2Cl)sc1CO. The van der Waals surface area contributed by atoms with E-state index in [4.69, 9.17) is 16.7 Å². The van der Waals surface area contributed by atoms with Gasteiger partial charge in [0.2, 0.25) is 0 Å². The lowest BCUT2D eigenvalue weighted by Crippen LogP contribution is -1.80. The average Bonchev–Trinajstić information content (AvgIpc) is 2.71. The molecule has 2 nitrogen and oxygen atoms in total. The van der Waals surface area contributed by atoms with Crippen molar-refractivity contribution in [3.05, 3.63) is 27.0 Å². The van der Waals surface area contributed by atoms with Crippen molar-refractivity contribution >= 4 is 34.3 Å². The minimum atomic E-state index is 0.0481. The van der Waals surface area contributed by atoms with Gasteiger partial charge in [-0.1, -0.05) is 11.6 Å². The summed E-state index contributed by atoms with van der Waals surface area (Å²) in [5.41, 5.74) is 0.886. The summed E-state index contributed by atoms with van der Waals surface area (Å²) in [4.78, 5) is 6.26. The molecule has 2 heterocycles. The van der Waals surface area contributed by atoms with Crippen LogP contribution in [0.15, 0.2) is 11.4 Å². The number of aliphatic hydroxyl groups is 1. The summed E-state index contributed by atoms with van der Waals surface area (Å²) in [6, 6.07) is 1.86. The van der Waals surface area contributed by atoms with E-state index in [1.807, 2.05) is 18.4 Å². The smallest absolute Gasteiger partial charge is 0.135 e. The molecule has 0 bridgehead atoms. The summed E-state index contributed by atoms with van der Waals surface area (Å²) < 4.78 is 0. The van der Waals surface area contributed by atoms with Crippen LogP contribution in [0, 0.1) is 6.92 Å². The molecule has 2 rings (SSSR count). The third kappa shape index (κ3) is 1.70. The molecule has 5 heteroatoms. The number of aryl methyl sites for hydroxylation is 1. The number of aliphatic hydroxyl groups excluding tert-OH is 1. The van der Waals surface area contributed by atoms with Gasteiger partial charge in [-0.15, -0.1) is 22.7 Å². The Balaban J connectivity index is 2.47. The number of rotatable bonds is 2. The minimum absolute atomic E-state index is 0.0481. The summed E-state index contributed by atoms with van der Waals surface area (Å²) in [5, 5.41) is 12.6. The van der Waals surface area contributed by atoms with Crippen LogP contribution >= 0.6 is 34.3 Å². The fourth-order valence-electron chi connectivity index (χ4n) is 1.12. The molecule has 0 fully saturated rings. The Labute approximate surface area is 94.8 Å². The summed E-state index contributed by atoms with van der Waals surface area (Å²) in [6.07, 6.45) is 0. The lowest BCUT2D eigenvalue weighted by Gasteiger charge is -1.89. The Morgan fingerprint density at radius 2 is 2.36 bits per heavy atom. The predicted octanol–water partition coefficient (Wildman–Crippen LogP) is 3.33. The van der Waals surface area contributed by atoms with E-state index in [1.165, 1.54) is 11.3 Å². The number of thiazole rings is 1. The zero-order valence-electron chi connectivity index (χ0n) is 7.45. The fourth-order valence-corrected chi connectivity index (χ4v) is 3.35. The van der Waals surface area contributed by atoms with Crippen LogP contribution < -0.4 is 0 Å². The minimum Gasteiger partial charge on any atom is -0.391 e. The number of hydrogen-bond acceptors (Lipinski definition) is 4. The molecule has 2 aromatic heterocycles. The molecule has 1 N–H and O–H groups in total. The summed E-state index contributed by atoms with van der Waals surface area (Å²) in [5.74, 6) is 0. The third-order valence-corrected chi connectivity index (χ3v) is 4.48. The second-order valence-corrected chi connectivity index (χ2v) is 5.19. The maximum Gasteiger partial charge on any atom is 0.135 e. The number of aromatic nitrogens is 1. The van der Waals surface area contributed by atoms with Crippen molar-refractivity contribution in [2.24, 2.45) is 0 Å². The number of hydrogen-bond donors (Lipinski definition) is 1. The fraction of sp³-hybridized carbons (Fsp3) is 0.222. The molecule has 14 heavy (non-hydrogen) atoms. The summed E-state index contributed by atoms with van der Waals surface area (Å²) in [7, 11) is 0. The monoisotopic (exact) mass is 245 g/mol. The van der Waals surface area contributed by atoms with Crippen molar-refractivity contribution < 1.29 is 5.11 Å². The van der Waals surface area contributed by atoms with E-state index in [-0.39, 0.29) is 6.61 Å². The van der Waals surface area contributed by atoms with Gasteiger partial charge < -0.3 is 5.11 Å². The van der Waals surface area contributed by atoms with Crippen molar-refractivity contribution in [3.8, 4) is 9.88 Å². The zero-order valence-corrected chi connectivity index (χ0v) is 9.84. The maximum atomic E-state index is 9.04. The van der Waals surface area contributed by atoms with Crippen LogP contribution in [-0.4, -0.2) is 10.1 Å². The molecule has 0 amide bonds. The van der Waals surface area contributed by atoms with Crippen LogP contribution in [0.4, 0.5) is 0 Å². The highest BCUT2D eigenvalue weighted by atomic mass is 35.5. The highest BCUT2D eigenvalue weighted by Gasteiger charge is 2.12. The van der Waals surface area contributed by atoms with Gasteiger partial charge in [-0.3, -0.25) is 0 Å². The van der Waals surface area contributed by atoms with E-state index < -0.39 is 0 Å². The second-order valence-electron chi connectivity index (χ2n) is 2.78. The van der Waals surface area contributed by atoms with E-state index in [0.717, 1.165) is 25.5 Å². The van der Waals surface area contributed by atoms with Gasteiger partial charge in [0.25, 0.3) is 0 Å². The van der Waals surface area contributed by atoms with E-state index in [0.29, 0.717) is 0 Å². The molecule has 0 aromatic carbocycles. The number of halogens is 1. The second kappa shape index (κ2) is 3.98. The van der Waals surface area contributed by atoms with E-state index in [9.17, 15) is 0 Å². The Morgan fingerprint density at radius 3 is 2.86 bits per heavy atom. The lowest BCUT2D eigenvalue weighted by atomic mass is 10.4. The Bertz CT molecular complexity index is 449. The quantitative estimate of drug-likeness (QED) is 0.881. The normalized spacial score (nSPS) is 10.8. The van der Waals surface area contributed by atoms with Crippen LogP contribution in [0.5, 0.6) is 0 Å². The molecule has 74 valence electrons. The summed E-state index contributed by atoms with van der Waals surface area (Å²) in [6.45, 7) is 1.94. The topological polar surface area (TPSA) is 33.1 Å². The van der Waals surface area contributed by atoms with E-state index in [1.54, 1.807) is 11.3 Å². The highest BCUT2D eigenvalue weighted by Crippen LogP contribution is 2.36. The largest absolute Gasteiger partial charge is 0.391 e. The molecule has 0 radical (unpaired) electrons. The molecule has 0 unspecified atom stereocenters. The third-order valence-electron chi connectivity index (χ3n) is 1.85. The van der Waals surface area contributed by atoms with Crippen molar-refractivity contribution in [3.63, 3.8) is 0 Å². The molecule has 2 aromatic rings. The molecule has 0 atom stereocenters. The van der Waals surface area contributed by atoms with Gasteiger partial charge in [0, 0.05) is 0 Å². The lowest BCUT2D eigenvalue weighted by molar-refractivity contribution is 0.284. The van der Waals surface area contributed by atoms with Gasteiger partial charge in [-0.05, 0) is 18.4 Å². The molecule has 0 aliphatic rings. The summed E-state index contributed by atoms with van der Waals surface area (Å²) >= 11 is 9.06. The van der Waals surface area contributed by atoms with E-state index in [2.05, 4.69) is 4.98 Å². The average molecular weight is 246 g/mol. The maximum absolute atomic E-state index is 9.04. The van der Waals surface area contributed by atoms with E-state index >= 15 is 0 Å².